The van der Waals surface area contributed by atoms with Crippen molar-refractivity contribution >= 4 is 14.2 Å². The number of carbonyl (C=O) groups is 1. The van der Waals surface area contributed by atoms with Crippen molar-refractivity contribution in [3.63, 3.8) is 0 Å². The van der Waals surface area contributed by atoms with Gasteiger partial charge in [-0.1, -0.05) is 19.6 Å². The second kappa shape index (κ2) is 5.72. The van der Waals surface area contributed by atoms with Crippen molar-refractivity contribution in [1.29, 1.82) is 0 Å². The molecule has 0 unspecified atom stereocenters. The first-order valence-corrected chi connectivity index (χ1v) is 8.74. The van der Waals surface area contributed by atoms with Gasteiger partial charge in [-0.05, 0) is 6.92 Å². The van der Waals surface area contributed by atoms with Crippen LogP contribution in [-0.2, 0) is 9.53 Å². The molecule has 0 saturated carbocycles. The van der Waals surface area contributed by atoms with Gasteiger partial charge in [0.25, 0.3) is 0 Å². The fourth-order valence-corrected chi connectivity index (χ4v) is 3.11. The van der Waals surface area contributed by atoms with Crippen LogP contribution in [-0.4, -0.2) is 38.6 Å². The number of hydrogen-bond acceptors (Lipinski definition) is 3. The molecule has 0 N–H and O–H groups in total. The van der Waals surface area contributed by atoms with E-state index in [1.807, 2.05) is 0 Å². The van der Waals surface area contributed by atoms with Gasteiger partial charge in [0.1, 0.15) is 8.24 Å². The smallest absolute Gasteiger partial charge is 0.427 e. The second-order valence-electron chi connectivity index (χ2n) is 4.57. The van der Waals surface area contributed by atoms with Crippen LogP contribution in [0, 0.1) is 0 Å². The van der Waals surface area contributed by atoms with Crippen LogP contribution in [0.1, 0.15) is 6.92 Å². The van der Waals surface area contributed by atoms with E-state index in [4.69, 9.17) is 0 Å². The minimum absolute atomic E-state index is 0.0537. The molecule has 106 valence electrons. The summed E-state index contributed by atoms with van der Waals surface area (Å²) in [6.45, 7) is 6.63. The van der Waals surface area contributed by atoms with Gasteiger partial charge in [0.2, 0.25) is 5.95 Å². The Labute approximate surface area is 104 Å². The third kappa shape index (κ3) is 4.00. The number of rotatable bonds is 4. The first kappa shape index (κ1) is 16.9. The Kier molecular flexibility index (Phi) is 5.39. The van der Waals surface area contributed by atoms with Crippen molar-refractivity contribution in [1.82, 2.24) is 4.57 Å². The van der Waals surface area contributed by atoms with Gasteiger partial charge in [0, 0.05) is 6.54 Å². The zero-order valence-corrected chi connectivity index (χ0v) is 12.0. The van der Waals surface area contributed by atoms with Crippen molar-refractivity contribution in [2.45, 2.75) is 32.7 Å². The Balaban J connectivity index is 5.81. The number of nitrogens with zero attached hydrogens (tertiary/aromatic N) is 1. The first-order chi connectivity index (χ1) is 7.96. The molecule has 18 heavy (non-hydrogen) atoms. The van der Waals surface area contributed by atoms with E-state index in [9.17, 15) is 22.4 Å². The normalized spacial score (nSPS) is 14.1. The van der Waals surface area contributed by atoms with E-state index >= 15 is 0 Å². The minimum Gasteiger partial charge on any atom is -0.465 e. The van der Waals surface area contributed by atoms with Crippen LogP contribution in [0.15, 0.2) is 11.5 Å². The SMILES string of the molecule is CCN(/C(F)=C(\C(=O)OC)C(F)(F)F)[Si](C)(C)C. The lowest BCUT2D eigenvalue weighted by Gasteiger charge is -2.34. The minimum atomic E-state index is -5.08. The predicted octanol–water partition coefficient (Wildman–Crippen LogP) is 3.06. The number of halogens is 4. The molecule has 0 aliphatic carbocycles. The fourth-order valence-electron chi connectivity index (χ4n) is 1.46. The highest BCUT2D eigenvalue weighted by molar-refractivity contribution is 6.73. The van der Waals surface area contributed by atoms with Crippen LogP contribution in [0.3, 0.4) is 0 Å². The Morgan fingerprint density at radius 3 is 1.94 bits per heavy atom. The van der Waals surface area contributed by atoms with Crippen LogP contribution < -0.4 is 0 Å². The van der Waals surface area contributed by atoms with Crippen molar-refractivity contribution < 1.29 is 27.1 Å². The summed E-state index contributed by atoms with van der Waals surface area (Å²) in [5.74, 6) is -3.27. The van der Waals surface area contributed by atoms with E-state index in [0.717, 1.165) is 11.7 Å². The number of hydrogen-bond donors (Lipinski definition) is 0. The lowest BCUT2D eigenvalue weighted by molar-refractivity contribution is -0.149. The number of ether oxygens (including phenoxy) is 1. The molecule has 0 aromatic heterocycles. The molecule has 0 bridgehead atoms. The van der Waals surface area contributed by atoms with Gasteiger partial charge < -0.3 is 9.30 Å². The average Bonchev–Trinajstić information content (AvgIpc) is 2.13. The Morgan fingerprint density at radius 2 is 1.72 bits per heavy atom. The third-order valence-corrected chi connectivity index (χ3v) is 4.37. The zero-order valence-electron chi connectivity index (χ0n) is 11.0. The maximum atomic E-state index is 14.0. The highest BCUT2D eigenvalue weighted by Gasteiger charge is 2.45. The molecular formula is C10H17F4NO2Si. The summed E-state index contributed by atoms with van der Waals surface area (Å²) in [4.78, 5) is 11.1. The molecule has 0 amide bonds. The molecule has 0 aliphatic heterocycles. The van der Waals surface area contributed by atoms with Crippen LogP contribution in [0.4, 0.5) is 17.6 Å². The van der Waals surface area contributed by atoms with Gasteiger partial charge in [0.15, 0.2) is 5.57 Å². The second-order valence-corrected chi connectivity index (χ2v) is 9.45. The van der Waals surface area contributed by atoms with Gasteiger partial charge in [0.05, 0.1) is 7.11 Å². The largest absolute Gasteiger partial charge is 0.465 e. The molecule has 3 nitrogen and oxygen atoms in total. The van der Waals surface area contributed by atoms with Crippen molar-refractivity contribution in [3.8, 4) is 0 Å². The molecule has 0 spiro atoms. The van der Waals surface area contributed by atoms with Gasteiger partial charge in [-0.3, -0.25) is 0 Å². The first-order valence-electron chi connectivity index (χ1n) is 5.29. The summed E-state index contributed by atoms with van der Waals surface area (Å²) in [7, 11) is -1.57. The number of alkyl halides is 3. The van der Waals surface area contributed by atoms with Gasteiger partial charge in [-0.25, -0.2) is 4.79 Å². The summed E-state index contributed by atoms with van der Waals surface area (Å²) < 4.78 is 57.0. The number of esters is 1. The maximum absolute atomic E-state index is 14.0. The predicted molar refractivity (Wildman–Crippen MR) is 61.9 cm³/mol. The van der Waals surface area contributed by atoms with Crippen LogP contribution in [0.5, 0.6) is 0 Å². The Morgan fingerprint density at radius 1 is 1.28 bits per heavy atom. The summed E-state index contributed by atoms with van der Waals surface area (Å²) in [5, 5.41) is 0. The Hall–Kier alpha value is -1.05. The molecule has 8 heteroatoms. The summed E-state index contributed by atoms with van der Waals surface area (Å²) in [6, 6.07) is 0. The molecule has 0 aliphatic rings. The van der Waals surface area contributed by atoms with Gasteiger partial charge in [-0.15, -0.1) is 0 Å². The van der Waals surface area contributed by atoms with E-state index in [1.165, 1.54) is 6.92 Å². The van der Waals surface area contributed by atoms with Crippen molar-refractivity contribution in [2.24, 2.45) is 0 Å². The Bertz CT molecular complexity index is 347. The zero-order chi connectivity index (χ0) is 14.7. The van der Waals surface area contributed by atoms with Crippen LogP contribution >= 0.6 is 0 Å². The van der Waals surface area contributed by atoms with Crippen molar-refractivity contribution in [2.75, 3.05) is 13.7 Å². The van der Waals surface area contributed by atoms with Gasteiger partial charge >= 0.3 is 12.1 Å². The van der Waals surface area contributed by atoms with Crippen LogP contribution in [0.25, 0.3) is 0 Å². The standard InChI is InChI=1S/C10H17F4NO2Si/c1-6-15(18(3,4)5)8(11)7(9(16)17-2)10(12,13)14/h6H2,1-5H3/b8-7+. The maximum Gasteiger partial charge on any atom is 0.427 e. The molecule has 0 aromatic carbocycles. The average molecular weight is 287 g/mol. The van der Waals surface area contributed by atoms with E-state index < -0.39 is 31.9 Å². The highest BCUT2D eigenvalue weighted by Crippen LogP contribution is 2.32. The molecule has 0 saturated heterocycles. The summed E-state index contributed by atoms with van der Waals surface area (Å²) in [5.41, 5.74) is -1.88. The molecule has 0 heterocycles. The fraction of sp³-hybridized carbons (Fsp3) is 0.700. The summed E-state index contributed by atoms with van der Waals surface area (Å²) in [6.07, 6.45) is -5.08. The summed E-state index contributed by atoms with van der Waals surface area (Å²) >= 11 is 0. The lowest BCUT2D eigenvalue weighted by atomic mass is 10.2. The van der Waals surface area contributed by atoms with Gasteiger partial charge in [-0.2, -0.15) is 17.6 Å². The molecule has 0 rings (SSSR count). The van der Waals surface area contributed by atoms with Crippen LogP contribution in [0.2, 0.25) is 19.6 Å². The van der Waals surface area contributed by atoms with E-state index in [-0.39, 0.29) is 6.54 Å². The highest BCUT2D eigenvalue weighted by atomic mass is 28.3. The van der Waals surface area contributed by atoms with Crippen molar-refractivity contribution in [3.05, 3.63) is 11.5 Å². The van der Waals surface area contributed by atoms with E-state index in [1.54, 1.807) is 19.6 Å². The third-order valence-electron chi connectivity index (χ3n) is 2.24. The molecule has 0 radical (unpaired) electrons. The molecule has 0 aromatic rings. The quantitative estimate of drug-likeness (QED) is 0.262. The topological polar surface area (TPSA) is 29.5 Å². The number of carbonyl (C=O) groups excluding carboxylic acids is 1. The lowest BCUT2D eigenvalue weighted by Crippen LogP contribution is -2.46. The molecule has 0 atom stereocenters. The monoisotopic (exact) mass is 287 g/mol. The number of methoxy groups -OCH3 is 1. The molecule has 0 fully saturated rings. The van der Waals surface area contributed by atoms with E-state index in [0.29, 0.717) is 0 Å². The van der Waals surface area contributed by atoms with E-state index in [2.05, 4.69) is 4.74 Å². The molecular weight excluding hydrogens is 270 g/mol.